The van der Waals surface area contributed by atoms with Crippen LogP contribution in [0.1, 0.15) is 24.5 Å². The van der Waals surface area contributed by atoms with Crippen LogP contribution in [0.25, 0.3) is 0 Å². The fourth-order valence-electron chi connectivity index (χ4n) is 6.05. The van der Waals surface area contributed by atoms with Crippen molar-refractivity contribution in [1.82, 2.24) is 4.90 Å². The van der Waals surface area contributed by atoms with Crippen molar-refractivity contribution in [2.45, 2.75) is 55.8 Å². The molecule has 2 bridgehead atoms. The number of amides is 3. The van der Waals surface area contributed by atoms with E-state index in [1.807, 2.05) is 50.2 Å². The second kappa shape index (κ2) is 9.28. The number of anilines is 2. The quantitative estimate of drug-likeness (QED) is 0.475. The van der Waals surface area contributed by atoms with E-state index in [-0.39, 0.29) is 29.2 Å². The second-order valence-electron chi connectivity index (χ2n) is 10.1. The molecule has 3 saturated heterocycles. The van der Waals surface area contributed by atoms with E-state index in [0.717, 1.165) is 11.1 Å². The van der Waals surface area contributed by atoms with Gasteiger partial charge in [-0.25, -0.2) is 0 Å². The van der Waals surface area contributed by atoms with Crippen LogP contribution in [-0.4, -0.2) is 63.0 Å². The highest BCUT2D eigenvalue weighted by Crippen LogP contribution is 2.60. The average Bonchev–Trinajstić information content (AvgIpc) is 3.45. The molecule has 1 spiro atoms. The molecule has 2 aromatic rings. The molecule has 3 N–H and O–H groups in total. The fraction of sp³-hybridized carbons (Fsp3) is 0.444. The second-order valence-corrected chi connectivity index (χ2v) is 11.3. The minimum absolute atomic E-state index is 0.200. The third-order valence-electron chi connectivity index (χ3n) is 7.71. The number of aryl methyl sites for hydroxylation is 2. The third kappa shape index (κ3) is 3.84. The van der Waals surface area contributed by atoms with E-state index >= 15 is 0 Å². The van der Waals surface area contributed by atoms with Crippen molar-refractivity contribution in [3.05, 3.63) is 59.7 Å². The summed E-state index contributed by atoms with van der Waals surface area (Å²) in [4.78, 5) is 42.5. The normalized spacial score (nSPS) is 31.3. The van der Waals surface area contributed by atoms with Crippen molar-refractivity contribution < 1.29 is 24.2 Å². The van der Waals surface area contributed by atoms with E-state index in [4.69, 9.17) is 4.74 Å². The summed E-state index contributed by atoms with van der Waals surface area (Å²) in [7, 11) is 0. The number of ether oxygens (including phenoxy) is 1. The number of carbonyl (C=O) groups is 3. The topological polar surface area (TPSA) is 108 Å². The SMILES string of the molecule is Cc1ccc(C)c(NC(=O)C2N([C@H](C)CO)C(=O)[C@@H]3[C@H](C(=O)Nc4ccccc4)[C@H]4OC23CC4Br)c1. The molecule has 0 radical (unpaired) electrons. The average molecular weight is 556 g/mol. The maximum Gasteiger partial charge on any atom is 0.250 e. The first-order valence-electron chi connectivity index (χ1n) is 12.2. The van der Waals surface area contributed by atoms with Crippen molar-refractivity contribution >= 4 is 45.0 Å². The number of hydrogen-bond donors (Lipinski definition) is 3. The number of nitrogens with zero attached hydrogens (tertiary/aromatic N) is 1. The van der Waals surface area contributed by atoms with Gasteiger partial charge in [-0.3, -0.25) is 14.4 Å². The van der Waals surface area contributed by atoms with Gasteiger partial charge in [-0.1, -0.05) is 46.3 Å². The van der Waals surface area contributed by atoms with E-state index < -0.39 is 35.6 Å². The minimum atomic E-state index is -1.18. The molecule has 3 fully saturated rings. The third-order valence-corrected chi connectivity index (χ3v) is 8.55. The zero-order valence-electron chi connectivity index (χ0n) is 20.4. The molecule has 3 aliphatic rings. The van der Waals surface area contributed by atoms with Crippen molar-refractivity contribution in [3.63, 3.8) is 0 Å². The van der Waals surface area contributed by atoms with Crippen LogP contribution in [0, 0.1) is 25.7 Å². The van der Waals surface area contributed by atoms with Crippen LogP contribution in [0.4, 0.5) is 11.4 Å². The summed E-state index contributed by atoms with van der Waals surface area (Å²) in [5.74, 6) is -2.65. The Balaban J connectivity index is 1.52. The van der Waals surface area contributed by atoms with Crippen molar-refractivity contribution in [1.29, 1.82) is 0 Å². The molecule has 36 heavy (non-hydrogen) atoms. The Hall–Kier alpha value is -2.75. The van der Waals surface area contributed by atoms with E-state index in [2.05, 4.69) is 26.6 Å². The molecule has 0 saturated carbocycles. The Morgan fingerprint density at radius 1 is 1.17 bits per heavy atom. The van der Waals surface area contributed by atoms with Crippen LogP contribution in [0.15, 0.2) is 48.5 Å². The zero-order valence-corrected chi connectivity index (χ0v) is 22.0. The molecular formula is C27H30BrN3O5. The van der Waals surface area contributed by atoms with Crippen molar-refractivity contribution in [2.24, 2.45) is 11.8 Å². The van der Waals surface area contributed by atoms with E-state index in [9.17, 15) is 19.5 Å². The van der Waals surface area contributed by atoms with Gasteiger partial charge in [-0.05, 0) is 56.5 Å². The highest BCUT2D eigenvalue weighted by Gasteiger charge is 2.76. The van der Waals surface area contributed by atoms with E-state index in [1.165, 1.54) is 4.90 Å². The monoisotopic (exact) mass is 555 g/mol. The Morgan fingerprint density at radius 2 is 1.89 bits per heavy atom. The molecular weight excluding hydrogens is 526 g/mol. The summed E-state index contributed by atoms with van der Waals surface area (Å²) < 4.78 is 6.48. The number of benzene rings is 2. The molecule has 3 heterocycles. The molecule has 190 valence electrons. The molecule has 0 aromatic heterocycles. The van der Waals surface area contributed by atoms with Gasteiger partial charge in [0, 0.05) is 16.2 Å². The number of aliphatic hydroxyl groups is 1. The number of rotatable bonds is 6. The van der Waals surface area contributed by atoms with Crippen molar-refractivity contribution in [3.8, 4) is 0 Å². The number of aliphatic hydroxyl groups excluding tert-OH is 1. The molecule has 9 heteroatoms. The maximum atomic E-state index is 13.9. The highest BCUT2D eigenvalue weighted by atomic mass is 79.9. The van der Waals surface area contributed by atoms with Gasteiger partial charge in [0.2, 0.25) is 17.7 Å². The van der Waals surface area contributed by atoms with Gasteiger partial charge in [0.15, 0.2) is 0 Å². The minimum Gasteiger partial charge on any atom is -0.394 e. The summed E-state index contributed by atoms with van der Waals surface area (Å²) in [6.07, 6.45) is -0.145. The smallest absolute Gasteiger partial charge is 0.250 e. The van der Waals surface area contributed by atoms with Gasteiger partial charge in [0.05, 0.1) is 30.6 Å². The van der Waals surface area contributed by atoms with Gasteiger partial charge < -0.3 is 25.4 Å². The standard InChI is InChI=1S/C27H30BrN3O5/c1-14-9-10-15(2)19(11-14)30-25(34)23-27-12-18(28)22(36-27)20(21(27)26(35)31(23)16(3)13-32)24(33)29-17-7-5-4-6-8-17/h4-11,16,18,20-23,32H,12-13H2,1-3H3,(H,29,33)(H,30,34)/t16-,18?,20+,21+,22+,23?,27?/m1/s1. The molecule has 5 rings (SSSR count). The molecule has 0 aliphatic carbocycles. The maximum absolute atomic E-state index is 13.9. The number of carbonyl (C=O) groups excluding carboxylic acids is 3. The van der Waals surface area contributed by atoms with Crippen LogP contribution in [0.5, 0.6) is 0 Å². The number of alkyl halides is 1. The number of fused-ring (bicyclic) bond motifs is 1. The predicted molar refractivity (Wildman–Crippen MR) is 139 cm³/mol. The van der Waals surface area contributed by atoms with E-state index in [1.54, 1.807) is 19.1 Å². The zero-order chi connectivity index (χ0) is 25.8. The fourth-order valence-corrected chi connectivity index (χ4v) is 6.99. The summed E-state index contributed by atoms with van der Waals surface area (Å²) >= 11 is 3.66. The van der Waals surface area contributed by atoms with Gasteiger partial charge >= 0.3 is 0 Å². The summed E-state index contributed by atoms with van der Waals surface area (Å²) in [5, 5.41) is 15.9. The molecule has 2 aromatic carbocycles. The van der Waals surface area contributed by atoms with Gasteiger partial charge in [0.1, 0.15) is 11.6 Å². The molecule has 7 atom stereocenters. The number of nitrogens with one attached hydrogen (secondary N) is 2. The Kier molecular flexibility index (Phi) is 6.43. The lowest BCUT2D eigenvalue weighted by molar-refractivity contribution is -0.142. The predicted octanol–water partition coefficient (Wildman–Crippen LogP) is 3.01. The first kappa shape index (κ1) is 24.9. The number of halogens is 1. The number of para-hydroxylation sites is 1. The Bertz CT molecular complexity index is 1210. The molecule has 8 nitrogen and oxygen atoms in total. The molecule has 3 aliphatic heterocycles. The van der Waals surface area contributed by atoms with Gasteiger partial charge in [0.25, 0.3) is 0 Å². The van der Waals surface area contributed by atoms with E-state index in [0.29, 0.717) is 17.8 Å². The van der Waals surface area contributed by atoms with Gasteiger partial charge in [-0.15, -0.1) is 0 Å². The summed E-state index contributed by atoms with van der Waals surface area (Å²) in [6, 6.07) is 13.2. The lowest BCUT2D eigenvalue weighted by Gasteiger charge is -2.35. The number of hydrogen-bond acceptors (Lipinski definition) is 5. The lowest BCUT2D eigenvalue weighted by Crippen LogP contribution is -2.56. The Labute approximate surface area is 218 Å². The van der Waals surface area contributed by atoms with Crippen LogP contribution in [0.3, 0.4) is 0 Å². The summed E-state index contributed by atoms with van der Waals surface area (Å²) in [6.45, 7) is 5.23. The van der Waals surface area contributed by atoms with Crippen LogP contribution in [0.2, 0.25) is 0 Å². The molecule has 3 amide bonds. The van der Waals surface area contributed by atoms with Crippen LogP contribution in [-0.2, 0) is 19.1 Å². The lowest BCUT2D eigenvalue weighted by atomic mass is 9.70. The first-order chi connectivity index (χ1) is 17.2. The van der Waals surface area contributed by atoms with Crippen molar-refractivity contribution in [2.75, 3.05) is 17.2 Å². The van der Waals surface area contributed by atoms with Crippen LogP contribution >= 0.6 is 15.9 Å². The highest BCUT2D eigenvalue weighted by molar-refractivity contribution is 9.09. The first-order valence-corrected chi connectivity index (χ1v) is 13.1. The largest absolute Gasteiger partial charge is 0.394 e. The van der Waals surface area contributed by atoms with Crippen LogP contribution < -0.4 is 10.6 Å². The Morgan fingerprint density at radius 3 is 2.58 bits per heavy atom. The van der Waals surface area contributed by atoms with Gasteiger partial charge in [-0.2, -0.15) is 0 Å². The number of likely N-dealkylation sites (tertiary alicyclic amines) is 1. The summed E-state index contributed by atoms with van der Waals surface area (Å²) in [5.41, 5.74) is 1.99. The molecule has 3 unspecified atom stereocenters.